The molecule has 2 heterocycles. The van der Waals surface area contributed by atoms with E-state index in [1.807, 2.05) is 0 Å². The molecule has 1 saturated heterocycles. The quantitative estimate of drug-likeness (QED) is 0.894. The molecule has 2 fully saturated rings. The second-order valence-electron chi connectivity index (χ2n) is 5.66. The van der Waals surface area contributed by atoms with Gasteiger partial charge in [0, 0.05) is 24.5 Å². The van der Waals surface area contributed by atoms with Crippen LogP contribution in [-0.4, -0.2) is 28.9 Å². The van der Waals surface area contributed by atoms with Crippen LogP contribution < -0.4 is 5.32 Å². The first kappa shape index (κ1) is 12.0. The molecular formula is C13H21N3O2. The lowest BCUT2D eigenvalue weighted by Crippen LogP contribution is -2.38. The average molecular weight is 251 g/mol. The van der Waals surface area contributed by atoms with Crippen molar-refractivity contribution in [1.82, 2.24) is 10.1 Å². The van der Waals surface area contributed by atoms with E-state index in [0.717, 1.165) is 18.9 Å². The summed E-state index contributed by atoms with van der Waals surface area (Å²) in [4.78, 5) is 4.39. The summed E-state index contributed by atoms with van der Waals surface area (Å²) in [5, 5.41) is 7.39. The molecule has 1 N–H and O–H groups in total. The van der Waals surface area contributed by atoms with Crippen LogP contribution in [0.1, 0.15) is 51.3 Å². The van der Waals surface area contributed by atoms with Crippen LogP contribution in [0.15, 0.2) is 4.52 Å². The largest absolute Gasteiger partial charge is 0.378 e. The summed E-state index contributed by atoms with van der Waals surface area (Å²) >= 11 is 0. The fourth-order valence-electron chi connectivity index (χ4n) is 3.04. The van der Waals surface area contributed by atoms with Gasteiger partial charge in [-0.25, -0.2) is 0 Å². The summed E-state index contributed by atoms with van der Waals surface area (Å²) in [6, 6.07) is 0.989. The summed E-state index contributed by atoms with van der Waals surface area (Å²) in [5.41, 5.74) is 0. The van der Waals surface area contributed by atoms with E-state index < -0.39 is 0 Å². The molecule has 5 nitrogen and oxygen atoms in total. The van der Waals surface area contributed by atoms with Crippen molar-refractivity contribution >= 4 is 6.01 Å². The Kier molecular flexibility index (Phi) is 3.24. The Bertz CT molecular complexity index is 405. The molecule has 0 spiro atoms. The highest BCUT2D eigenvalue weighted by atomic mass is 16.5. The van der Waals surface area contributed by atoms with E-state index in [-0.39, 0.29) is 0 Å². The fraction of sp³-hybridized carbons (Fsp3) is 0.846. The van der Waals surface area contributed by atoms with E-state index in [2.05, 4.69) is 29.3 Å². The van der Waals surface area contributed by atoms with Gasteiger partial charge in [0.1, 0.15) is 0 Å². The zero-order chi connectivity index (χ0) is 12.5. The van der Waals surface area contributed by atoms with Crippen LogP contribution in [0.2, 0.25) is 0 Å². The molecule has 5 heteroatoms. The number of aromatic nitrogens is 2. The highest BCUT2D eigenvalue weighted by Gasteiger charge is 2.38. The third-order valence-electron chi connectivity index (χ3n) is 4.05. The lowest BCUT2D eigenvalue weighted by molar-refractivity contribution is 0.0616. The molecule has 3 rings (SSSR count). The Balaban J connectivity index is 1.67. The van der Waals surface area contributed by atoms with Crippen molar-refractivity contribution in [3.05, 3.63) is 5.82 Å². The minimum Gasteiger partial charge on any atom is -0.378 e. The second kappa shape index (κ2) is 4.88. The SMILES string of the molecule is CC(C)c1noc(N[C@@H]2CCC[C@@H]3OCC[C@@H]32)n1. The highest BCUT2D eigenvalue weighted by Crippen LogP contribution is 2.35. The molecular weight excluding hydrogens is 230 g/mol. The molecule has 1 aromatic rings. The molecule has 2 aliphatic rings. The molecule has 1 aliphatic heterocycles. The first-order valence-corrected chi connectivity index (χ1v) is 6.96. The van der Waals surface area contributed by atoms with Crippen LogP contribution in [0.3, 0.4) is 0 Å². The summed E-state index contributed by atoms with van der Waals surface area (Å²) in [7, 11) is 0. The summed E-state index contributed by atoms with van der Waals surface area (Å²) in [6.45, 7) is 5.03. The van der Waals surface area contributed by atoms with E-state index in [9.17, 15) is 0 Å². The molecule has 0 radical (unpaired) electrons. The number of hydrogen-bond donors (Lipinski definition) is 1. The van der Waals surface area contributed by atoms with Gasteiger partial charge in [-0.3, -0.25) is 0 Å². The number of anilines is 1. The second-order valence-corrected chi connectivity index (χ2v) is 5.66. The fourth-order valence-corrected chi connectivity index (χ4v) is 3.04. The summed E-state index contributed by atoms with van der Waals surface area (Å²) in [5.74, 6) is 1.68. The standard InChI is InChI=1S/C13H21N3O2/c1-8(2)12-15-13(18-16-12)14-10-4-3-5-11-9(10)6-7-17-11/h8-11H,3-7H2,1-2H3,(H,14,15,16)/t9-,10-,11+/m1/s1. The van der Waals surface area contributed by atoms with Crippen molar-refractivity contribution in [2.75, 3.05) is 11.9 Å². The molecule has 1 saturated carbocycles. The van der Waals surface area contributed by atoms with Crippen molar-refractivity contribution < 1.29 is 9.26 Å². The van der Waals surface area contributed by atoms with Crippen LogP contribution in [0.4, 0.5) is 6.01 Å². The van der Waals surface area contributed by atoms with Gasteiger partial charge in [-0.15, -0.1) is 0 Å². The zero-order valence-electron chi connectivity index (χ0n) is 11.1. The molecule has 1 aliphatic carbocycles. The highest BCUT2D eigenvalue weighted by molar-refractivity contribution is 5.22. The predicted molar refractivity (Wildman–Crippen MR) is 67.5 cm³/mol. The first-order chi connectivity index (χ1) is 8.74. The third kappa shape index (κ3) is 2.23. The molecule has 0 unspecified atom stereocenters. The van der Waals surface area contributed by atoms with Gasteiger partial charge in [0.15, 0.2) is 5.82 Å². The number of hydrogen-bond acceptors (Lipinski definition) is 5. The monoisotopic (exact) mass is 251 g/mol. The van der Waals surface area contributed by atoms with E-state index in [1.165, 1.54) is 19.3 Å². The maximum absolute atomic E-state index is 5.76. The van der Waals surface area contributed by atoms with Crippen LogP contribution in [0, 0.1) is 5.92 Å². The number of nitrogens with one attached hydrogen (secondary N) is 1. The van der Waals surface area contributed by atoms with Gasteiger partial charge < -0.3 is 14.6 Å². The van der Waals surface area contributed by atoms with E-state index >= 15 is 0 Å². The summed E-state index contributed by atoms with van der Waals surface area (Å²) in [6.07, 6.45) is 5.16. The van der Waals surface area contributed by atoms with Gasteiger partial charge in [-0.1, -0.05) is 19.0 Å². The topological polar surface area (TPSA) is 60.2 Å². The van der Waals surface area contributed by atoms with Gasteiger partial charge in [0.05, 0.1) is 6.10 Å². The number of rotatable bonds is 3. The molecule has 0 bridgehead atoms. The van der Waals surface area contributed by atoms with Gasteiger partial charge >= 0.3 is 6.01 Å². The van der Waals surface area contributed by atoms with Crippen molar-refractivity contribution in [3.8, 4) is 0 Å². The van der Waals surface area contributed by atoms with Gasteiger partial charge in [-0.2, -0.15) is 4.98 Å². The molecule has 0 aromatic carbocycles. The Morgan fingerprint density at radius 1 is 1.28 bits per heavy atom. The minimum absolute atomic E-state index is 0.304. The Hall–Kier alpha value is -1.10. The van der Waals surface area contributed by atoms with Crippen LogP contribution in [0.5, 0.6) is 0 Å². The maximum atomic E-state index is 5.76. The smallest absolute Gasteiger partial charge is 0.321 e. The summed E-state index contributed by atoms with van der Waals surface area (Å²) < 4.78 is 11.0. The lowest BCUT2D eigenvalue weighted by Gasteiger charge is -2.32. The first-order valence-electron chi connectivity index (χ1n) is 6.96. The minimum atomic E-state index is 0.304. The van der Waals surface area contributed by atoms with Crippen LogP contribution in [0.25, 0.3) is 0 Å². The van der Waals surface area contributed by atoms with E-state index in [1.54, 1.807) is 0 Å². The van der Waals surface area contributed by atoms with Crippen molar-refractivity contribution in [2.45, 2.75) is 57.6 Å². The predicted octanol–water partition coefficient (Wildman–Crippen LogP) is 2.56. The Morgan fingerprint density at radius 3 is 2.94 bits per heavy atom. The number of nitrogens with zero attached hydrogens (tertiary/aromatic N) is 2. The van der Waals surface area contributed by atoms with E-state index in [4.69, 9.17) is 9.26 Å². The Labute approximate surface area is 107 Å². The molecule has 18 heavy (non-hydrogen) atoms. The maximum Gasteiger partial charge on any atom is 0.321 e. The van der Waals surface area contributed by atoms with Crippen molar-refractivity contribution in [2.24, 2.45) is 5.92 Å². The van der Waals surface area contributed by atoms with Gasteiger partial charge in [0.25, 0.3) is 0 Å². The van der Waals surface area contributed by atoms with E-state index in [0.29, 0.717) is 30.0 Å². The normalized spacial score (nSPS) is 31.6. The van der Waals surface area contributed by atoms with Crippen molar-refractivity contribution in [1.29, 1.82) is 0 Å². The van der Waals surface area contributed by atoms with Crippen molar-refractivity contribution in [3.63, 3.8) is 0 Å². The van der Waals surface area contributed by atoms with Gasteiger partial charge in [-0.05, 0) is 25.7 Å². The molecule has 0 amide bonds. The molecule has 100 valence electrons. The Morgan fingerprint density at radius 2 is 2.17 bits per heavy atom. The number of ether oxygens (including phenoxy) is 1. The third-order valence-corrected chi connectivity index (χ3v) is 4.05. The van der Waals surface area contributed by atoms with Crippen LogP contribution >= 0.6 is 0 Å². The average Bonchev–Trinajstić information content (AvgIpc) is 2.97. The zero-order valence-corrected chi connectivity index (χ0v) is 11.1. The van der Waals surface area contributed by atoms with Crippen LogP contribution in [-0.2, 0) is 4.74 Å². The lowest BCUT2D eigenvalue weighted by atomic mass is 9.82. The molecule has 3 atom stereocenters. The number of fused-ring (bicyclic) bond motifs is 1. The van der Waals surface area contributed by atoms with Gasteiger partial charge in [0.2, 0.25) is 0 Å². The molecule has 1 aromatic heterocycles.